The Labute approximate surface area is 193 Å². The SMILES string of the molecule is CC(C)/N=C(/c1ccc(Cl)cc1)N1CCCc2cc(C3=NNC(=O)SC3(C)C)ccc21. The molecule has 0 spiro atoms. The van der Waals surface area contributed by atoms with Crippen LogP contribution in [0.25, 0.3) is 0 Å². The molecule has 2 aliphatic heterocycles. The van der Waals surface area contributed by atoms with Gasteiger partial charge >= 0.3 is 0 Å². The van der Waals surface area contributed by atoms with Gasteiger partial charge in [0.25, 0.3) is 5.24 Å². The van der Waals surface area contributed by atoms with Crippen LogP contribution in [0.1, 0.15) is 50.8 Å². The second kappa shape index (κ2) is 8.67. The number of thioether (sulfide) groups is 1. The molecule has 0 saturated carbocycles. The largest absolute Gasteiger partial charge is 0.326 e. The van der Waals surface area contributed by atoms with E-state index in [4.69, 9.17) is 16.6 Å². The molecule has 0 atom stereocenters. The van der Waals surface area contributed by atoms with Crippen LogP contribution in [0.3, 0.4) is 0 Å². The fraction of sp³-hybridized carbons (Fsp3) is 0.375. The summed E-state index contributed by atoms with van der Waals surface area (Å²) in [5, 5.41) is 4.98. The predicted molar refractivity (Wildman–Crippen MR) is 132 cm³/mol. The van der Waals surface area contributed by atoms with Crippen molar-refractivity contribution in [2.24, 2.45) is 10.1 Å². The molecule has 0 aromatic heterocycles. The first kappa shape index (κ1) is 21.9. The molecule has 7 heteroatoms. The summed E-state index contributed by atoms with van der Waals surface area (Å²) in [5.41, 5.74) is 8.07. The monoisotopic (exact) mass is 454 g/mol. The summed E-state index contributed by atoms with van der Waals surface area (Å²) in [6.07, 6.45) is 2.05. The van der Waals surface area contributed by atoms with E-state index in [1.807, 2.05) is 38.1 Å². The number of rotatable bonds is 3. The number of amides is 1. The fourth-order valence-corrected chi connectivity index (χ4v) is 5.00. The number of amidine groups is 1. The van der Waals surface area contributed by atoms with Crippen LogP contribution in [0, 0.1) is 0 Å². The van der Waals surface area contributed by atoms with Gasteiger partial charge in [0.2, 0.25) is 0 Å². The Morgan fingerprint density at radius 1 is 1.23 bits per heavy atom. The summed E-state index contributed by atoms with van der Waals surface area (Å²) in [6.45, 7) is 9.18. The molecule has 0 bridgehead atoms. The lowest BCUT2D eigenvalue weighted by Gasteiger charge is -2.34. The van der Waals surface area contributed by atoms with Crippen LogP contribution < -0.4 is 10.3 Å². The van der Waals surface area contributed by atoms with Crippen molar-refractivity contribution in [2.75, 3.05) is 11.4 Å². The van der Waals surface area contributed by atoms with Crippen LogP contribution in [0.2, 0.25) is 5.02 Å². The molecular formula is C24H27ClN4OS. The van der Waals surface area contributed by atoms with Crippen molar-refractivity contribution < 1.29 is 4.79 Å². The molecule has 2 aromatic rings. The third-order valence-corrected chi connectivity index (χ3v) is 6.62. The Balaban J connectivity index is 1.74. The molecule has 2 heterocycles. The molecule has 0 fully saturated rings. The number of nitrogens with one attached hydrogen (secondary N) is 1. The van der Waals surface area contributed by atoms with Crippen LogP contribution >= 0.6 is 23.4 Å². The lowest BCUT2D eigenvalue weighted by atomic mass is 9.93. The van der Waals surface area contributed by atoms with Gasteiger partial charge in [0.1, 0.15) is 5.84 Å². The summed E-state index contributed by atoms with van der Waals surface area (Å²) in [4.78, 5) is 19.1. The van der Waals surface area contributed by atoms with Crippen molar-refractivity contribution in [1.82, 2.24) is 5.43 Å². The summed E-state index contributed by atoms with van der Waals surface area (Å²) < 4.78 is -0.376. The molecule has 162 valence electrons. The summed E-state index contributed by atoms with van der Waals surface area (Å²) in [7, 11) is 0. The first-order valence-corrected chi connectivity index (χ1v) is 11.8. The average Bonchev–Trinajstić information content (AvgIpc) is 2.71. The highest BCUT2D eigenvalue weighted by Gasteiger charge is 2.34. The topological polar surface area (TPSA) is 57.1 Å². The first-order valence-electron chi connectivity index (χ1n) is 10.6. The molecule has 1 amide bonds. The van der Waals surface area contributed by atoms with Crippen molar-refractivity contribution in [1.29, 1.82) is 0 Å². The number of nitrogens with zero attached hydrogens (tertiary/aromatic N) is 3. The molecule has 0 radical (unpaired) electrons. The molecule has 0 saturated heterocycles. The maximum absolute atomic E-state index is 11.8. The smallest absolute Gasteiger partial charge is 0.300 e. The van der Waals surface area contributed by atoms with E-state index in [2.05, 4.69) is 47.5 Å². The normalized spacial score (nSPS) is 18.5. The highest BCUT2D eigenvalue weighted by atomic mass is 35.5. The Morgan fingerprint density at radius 2 is 1.97 bits per heavy atom. The quantitative estimate of drug-likeness (QED) is 0.465. The number of benzene rings is 2. The average molecular weight is 455 g/mol. The Hall–Kier alpha value is -2.31. The van der Waals surface area contributed by atoms with Gasteiger partial charge in [-0.25, -0.2) is 5.43 Å². The summed E-state index contributed by atoms with van der Waals surface area (Å²) in [5.74, 6) is 0.971. The zero-order valence-corrected chi connectivity index (χ0v) is 19.8. The molecule has 0 unspecified atom stereocenters. The molecule has 5 nitrogen and oxygen atoms in total. The van der Waals surface area contributed by atoms with Gasteiger partial charge in [-0.3, -0.25) is 9.79 Å². The number of hydrogen-bond donors (Lipinski definition) is 1. The molecule has 1 N–H and O–H groups in total. The van der Waals surface area contributed by atoms with Crippen molar-refractivity contribution >= 4 is 45.8 Å². The predicted octanol–water partition coefficient (Wildman–Crippen LogP) is 5.89. The number of hydrazone groups is 1. The molecule has 0 aliphatic carbocycles. The van der Waals surface area contributed by atoms with Crippen LogP contribution in [-0.4, -0.2) is 34.1 Å². The number of anilines is 1. The van der Waals surface area contributed by atoms with Gasteiger partial charge in [0, 0.05) is 28.9 Å². The van der Waals surface area contributed by atoms with Crippen molar-refractivity contribution in [3.8, 4) is 0 Å². The van der Waals surface area contributed by atoms with Crippen molar-refractivity contribution in [3.05, 3.63) is 64.2 Å². The van der Waals surface area contributed by atoms with Gasteiger partial charge in [-0.05, 0) is 88.1 Å². The number of aliphatic imine (C=N–C) groups is 1. The highest BCUT2D eigenvalue weighted by molar-refractivity contribution is 8.15. The lowest BCUT2D eigenvalue weighted by molar-refractivity contribution is 0.260. The minimum atomic E-state index is -0.376. The van der Waals surface area contributed by atoms with Gasteiger partial charge in [-0.15, -0.1) is 0 Å². The number of hydrogen-bond acceptors (Lipinski definition) is 4. The van der Waals surface area contributed by atoms with E-state index < -0.39 is 0 Å². The maximum Gasteiger partial charge on any atom is 0.300 e. The van der Waals surface area contributed by atoms with Crippen LogP contribution in [0.15, 0.2) is 52.6 Å². The maximum atomic E-state index is 11.8. The summed E-state index contributed by atoms with van der Waals surface area (Å²) >= 11 is 7.39. The Morgan fingerprint density at radius 3 is 2.65 bits per heavy atom. The number of fused-ring (bicyclic) bond motifs is 1. The Bertz CT molecular complexity index is 1060. The third-order valence-electron chi connectivity index (χ3n) is 5.39. The molecule has 2 aliphatic rings. The van der Waals surface area contributed by atoms with E-state index >= 15 is 0 Å². The lowest BCUT2D eigenvalue weighted by Crippen LogP contribution is -2.39. The number of halogens is 1. The molecular weight excluding hydrogens is 428 g/mol. The second-order valence-electron chi connectivity index (χ2n) is 8.62. The van der Waals surface area contributed by atoms with E-state index in [9.17, 15) is 4.79 Å². The minimum Gasteiger partial charge on any atom is -0.326 e. The minimum absolute atomic E-state index is 0.115. The third kappa shape index (κ3) is 4.65. The van der Waals surface area contributed by atoms with Gasteiger partial charge < -0.3 is 4.90 Å². The zero-order chi connectivity index (χ0) is 22.2. The van der Waals surface area contributed by atoms with Crippen molar-refractivity contribution in [3.63, 3.8) is 0 Å². The van der Waals surface area contributed by atoms with E-state index in [0.717, 1.165) is 47.1 Å². The van der Waals surface area contributed by atoms with Gasteiger partial charge in [-0.1, -0.05) is 29.4 Å². The fourth-order valence-electron chi connectivity index (χ4n) is 4.06. The molecule has 31 heavy (non-hydrogen) atoms. The number of carbonyl (C=O) groups excluding carboxylic acids is 1. The van der Waals surface area contributed by atoms with Gasteiger partial charge in [-0.2, -0.15) is 5.10 Å². The molecule has 4 rings (SSSR count). The van der Waals surface area contributed by atoms with E-state index in [1.54, 1.807) is 0 Å². The van der Waals surface area contributed by atoms with E-state index in [1.165, 1.54) is 23.0 Å². The van der Waals surface area contributed by atoms with Gasteiger partial charge in [0.05, 0.1) is 10.5 Å². The first-order chi connectivity index (χ1) is 14.7. The van der Waals surface area contributed by atoms with Crippen LogP contribution in [0.4, 0.5) is 10.5 Å². The number of carbonyl (C=O) groups is 1. The number of aryl methyl sites for hydroxylation is 1. The molecule has 2 aromatic carbocycles. The van der Waals surface area contributed by atoms with Crippen LogP contribution in [0.5, 0.6) is 0 Å². The Kier molecular flexibility index (Phi) is 6.13. The highest BCUT2D eigenvalue weighted by Crippen LogP contribution is 2.35. The standard InChI is InChI=1S/C24H27ClN4OS/c1-15(2)26-22(16-7-10-19(25)11-8-16)29-13-5-6-17-14-18(9-12-20(17)29)21-24(3,4)31-23(30)28-27-21/h7-12,14-15H,5-6,13H2,1-4H3,(H,28,30)/b26-22-. The van der Waals surface area contributed by atoms with Crippen LogP contribution in [-0.2, 0) is 6.42 Å². The van der Waals surface area contributed by atoms with Crippen molar-refractivity contribution in [2.45, 2.75) is 51.3 Å². The van der Waals surface area contributed by atoms with E-state index in [-0.39, 0.29) is 16.0 Å². The van der Waals surface area contributed by atoms with E-state index in [0.29, 0.717) is 0 Å². The zero-order valence-electron chi connectivity index (χ0n) is 18.3. The van der Waals surface area contributed by atoms with Gasteiger partial charge in [0.15, 0.2) is 0 Å². The summed E-state index contributed by atoms with van der Waals surface area (Å²) in [6, 6.07) is 14.5. The second-order valence-corrected chi connectivity index (χ2v) is 10.7.